The van der Waals surface area contributed by atoms with Crippen molar-refractivity contribution >= 4 is 0 Å². The normalized spacial score (nSPS) is 10.5. The molecular formula is C9H14N2O4. The van der Waals surface area contributed by atoms with Crippen LogP contribution in [0.2, 0.25) is 0 Å². The fourth-order valence-electron chi connectivity index (χ4n) is 1.06. The number of hydrogen-bond acceptors (Lipinski definition) is 4. The number of H-pyrrole nitrogens is 1. The molecule has 1 rings (SSSR count). The molecule has 0 aliphatic heterocycles. The van der Waals surface area contributed by atoms with Crippen molar-refractivity contribution in [3.63, 3.8) is 0 Å². The Morgan fingerprint density at radius 3 is 2.80 bits per heavy atom. The second-order valence-electron chi connectivity index (χ2n) is 2.88. The molecule has 0 saturated heterocycles. The smallest absolute Gasteiger partial charge is 0.328 e. The molecule has 0 unspecified atom stereocenters. The lowest BCUT2D eigenvalue weighted by atomic mass is 10.6. The Hall–Kier alpha value is -1.40. The van der Waals surface area contributed by atoms with E-state index >= 15 is 0 Å². The summed E-state index contributed by atoms with van der Waals surface area (Å²) in [5.41, 5.74) is -0.744. The first-order valence-electron chi connectivity index (χ1n) is 4.61. The highest BCUT2D eigenvalue weighted by Crippen LogP contribution is 1.78. The lowest BCUT2D eigenvalue weighted by molar-refractivity contribution is 0.0658. The first-order valence-corrected chi connectivity index (χ1v) is 4.61. The zero-order valence-electron chi connectivity index (χ0n) is 8.56. The van der Waals surface area contributed by atoms with Crippen molar-refractivity contribution in [3.05, 3.63) is 33.1 Å². The van der Waals surface area contributed by atoms with Gasteiger partial charge in [-0.05, 0) is 0 Å². The number of nitrogens with one attached hydrogen (secondary N) is 1. The van der Waals surface area contributed by atoms with Gasteiger partial charge in [0.2, 0.25) is 0 Å². The van der Waals surface area contributed by atoms with E-state index in [9.17, 15) is 9.59 Å². The standard InChI is InChI=1S/C9H14N2O4/c1-14-6-7-15-5-4-11-8(12)2-3-10-9(11)13/h2-3H,4-7H2,1H3,(H,10,13). The molecule has 0 aliphatic carbocycles. The lowest BCUT2D eigenvalue weighted by Crippen LogP contribution is -2.35. The van der Waals surface area contributed by atoms with Gasteiger partial charge in [0.15, 0.2) is 0 Å². The first kappa shape index (κ1) is 11.7. The van der Waals surface area contributed by atoms with Crippen LogP contribution in [-0.2, 0) is 16.0 Å². The third kappa shape index (κ3) is 3.69. The molecule has 0 spiro atoms. The van der Waals surface area contributed by atoms with Crippen LogP contribution in [0.15, 0.2) is 21.9 Å². The zero-order valence-corrected chi connectivity index (χ0v) is 8.56. The summed E-state index contributed by atoms with van der Waals surface area (Å²) < 4.78 is 11.0. The Morgan fingerprint density at radius 1 is 1.33 bits per heavy atom. The molecule has 1 aromatic rings. The second-order valence-corrected chi connectivity index (χ2v) is 2.88. The van der Waals surface area contributed by atoms with Crippen molar-refractivity contribution in [3.8, 4) is 0 Å². The topological polar surface area (TPSA) is 73.3 Å². The van der Waals surface area contributed by atoms with Crippen LogP contribution in [-0.4, -0.2) is 36.5 Å². The van der Waals surface area contributed by atoms with E-state index in [-0.39, 0.29) is 12.1 Å². The lowest BCUT2D eigenvalue weighted by Gasteiger charge is -2.04. The summed E-state index contributed by atoms with van der Waals surface area (Å²) in [6.07, 6.45) is 1.33. The zero-order chi connectivity index (χ0) is 11.1. The van der Waals surface area contributed by atoms with Gasteiger partial charge in [-0.25, -0.2) is 4.79 Å². The molecule has 0 radical (unpaired) electrons. The van der Waals surface area contributed by atoms with Gasteiger partial charge in [0.25, 0.3) is 5.56 Å². The summed E-state index contributed by atoms with van der Waals surface area (Å²) in [5, 5.41) is 0. The van der Waals surface area contributed by atoms with Gasteiger partial charge >= 0.3 is 5.69 Å². The fraction of sp³-hybridized carbons (Fsp3) is 0.556. The highest BCUT2D eigenvalue weighted by molar-refractivity contribution is 4.82. The van der Waals surface area contributed by atoms with E-state index in [2.05, 4.69) is 4.98 Å². The molecule has 84 valence electrons. The molecule has 0 saturated carbocycles. The second kappa shape index (κ2) is 6.15. The first-order chi connectivity index (χ1) is 7.25. The molecule has 1 heterocycles. The largest absolute Gasteiger partial charge is 0.382 e. The van der Waals surface area contributed by atoms with Crippen LogP contribution in [0.1, 0.15) is 0 Å². The van der Waals surface area contributed by atoms with Crippen LogP contribution < -0.4 is 11.2 Å². The van der Waals surface area contributed by atoms with Crippen molar-refractivity contribution in [1.82, 2.24) is 9.55 Å². The third-order valence-electron chi connectivity index (χ3n) is 1.83. The van der Waals surface area contributed by atoms with Gasteiger partial charge in [-0.3, -0.25) is 9.36 Å². The van der Waals surface area contributed by atoms with Crippen molar-refractivity contribution in [1.29, 1.82) is 0 Å². The third-order valence-corrected chi connectivity index (χ3v) is 1.83. The number of methoxy groups -OCH3 is 1. The molecular weight excluding hydrogens is 200 g/mol. The Balaban J connectivity index is 2.44. The quantitative estimate of drug-likeness (QED) is 0.629. The van der Waals surface area contributed by atoms with Crippen LogP contribution in [0.3, 0.4) is 0 Å². The van der Waals surface area contributed by atoms with Crippen LogP contribution in [0.25, 0.3) is 0 Å². The molecule has 0 aromatic carbocycles. The predicted octanol–water partition coefficient (Wildman–Crippen LogP) is -0.800. The van der Waals surface area contributed by atoms with Crippen LogP contribution in [0.4, 0.5) is 0 Å². The van der Waals surface area contributed by atoms with E-state index in [1.165, 1.54) is 12.3 Å². The van der Waals surface area contributed by atoms with E-state index in [1.54, 1.807) is 7.11 Å². The monoisotopic (exact) mass is 214 g/mol. The molecule has 1 N–H and O–H groups in total. The number of ether oxygens (including phenoxy) is 2. The average Bonchev–Trinajstić information content (AvgIpc) is 2.21. The van der Waals surface area contributed by atoms with Gasteiger partial charge in [-0.1, -0.05) is 0 Å². The van der Waals surface area contributed by atoms with E-state index in [0.29, 0.717) is 19.8 Å². The number of rotatable bonds is 6. The summed E-state index contributed by atoms with van der Waals surface area (Å²) in [6, 6.07) is 1.30. The summed E-state index contributed by atoms with van der Waals surface area (Å²) in [4.78, 5) is 24.8. The maximum absolute atomic E-state index is 11.2. The van der Waals surface area contributed by atoms with E-state index in [0.717, 1.165) is 4.57 Å². The molecule has 1 aromatic heterocycles. The summed E-state index contributed by atoms with van der Waals surface area (Å²) >= 11 is 0. The molecule has 0 aliphatic rings. The summed E-state index contributed by atoms with van der Waals surface area (Å²) in [6.45, 7) is 1.52. The summed E-state index contributed by atoms with van der Waals surface area (Å²) in [5.74, 6) is 0. The molecule has 0 fully saturated rings. The van der Waals surface area contributed by atoms with Gasteiger partial charge in [-0.15, -0.1) is 0 Å². The highest BCUT2D eigenvalue weighted by Gasteiger charge is 1.98. The van der Waals surface area contributed by atoms with Gasteiger partial charge in [0.05, 0.1) is 26.4 Å². The van der Waals surface area contributed by atoms with Gasteiger partial charge in [-0.2, -0.15) is 0 Å². The Bertz CT molecular complexity index is 367. The molecule has 0 atom stereocenters. The molecule has 6 heteroatoms. The van der Waals surface area contributed by atoms with Gasteiger partial charge < -0.3 is 14.5 Å². The summed E-state index contributed by atoms with van der Waals surface area (Å²) in [7, 11) is 1.58. The van der Waals surface area contributed by atoms with E-state index < -0.39 is 5.69 Å². The highest BCUT2D eigenvalue weighted by atomic mass is 16.5. The molecule has 15 heavy (non-hydrogen) atoms. The fourth-order valence-corrected chi connectivity index (χ4v) is 1.06. The number of aromatic nitrogens is 2. The van der Waals surface area contributed by atoms with Crippen molar-refractivity contribution < 1.29 is 9.47 Å². The van der Waals surface area contributed by atoms with E-state index in [1.807, 2.05) is 0 Å². The Kier molecular flexibility index (Phi) is 4.79. The van der Waals surface area contributed by atoms with Crippen LogP contribution in [0, 0.1) is 0 Å². The van der Waals surface area contributed by atoms with E-state index in [4.69, 9.17) is 9.47 Å². The van der Waals surface area contributed by atoms with Crippen molar-refractivity contribution in [2.75, 3.05) is 26.9 Å². The van der Waals surface area contributed by atoms with Crippen LogP contribution >= 0.6 is 0 Å². The molecule has 0 bridgehead atoms. The maximum atomic E-state index is 11.2. The predicted molar refractivity (Wildman–Crippen MR) is 54.0 cm³/mol. The minimum atomic E-state index is -0.419. The molecule has 6 nitrogen and oxygen atoms in total. The average molecular weight is 214 g/mol. The Morgan fingerprint density at radius 2 is 2.13 bits per heavy atom. The van der Waals surface area contributed by atoms with Crippen molar-refractivity contribution in [2.24, 2.45) is 0 Å². The van der Waals surface area contributed by atoms with Crippen LogP contribution in [0.5, 0.6) is 0 Å². The minimum Gasteiger partial charge on any atom is -0.382 e. The van der Waals surface area contributed by atoms with Gasteiger partial charge in [0.1, 0.15) is 0 Å². The maximum Gasteiger partial charge on any atom is 0.328 e. The number of aromatic amines is 1. The minimum absolute atomic E-state index is 0.249. The SMILES string of the molecule is COCCOCCn1c(=O)cc[nH]c1=O. The number of nitrogens with zero attached hydrogens (tertiary/aromatic N) is 1. The number of hydrogen-bond donors (Lipinski definition) is 1. The molecule has 0 amide bonds. The van der Waals surface area contributed by atoms with Gasteiger partial charge in [0, 0.05) is 19.4 Å². The Labute approximate surface area is 86.5 Å². The van der Waals surface area contributed by atoms with Crippen molar-refractivity contribution in [2.45, 2.75) is 6.54 Å².